The smallest absolute Gasteiger partial charge is 0.410 e. The summed E-state index contributed by atoms with van der Waals surface area (Å²) >= 11 is 0. The fourth-order valence-electron chi connectivity index (χ4n) is 10.4. The predicted octanol–water partition coefficient (Wildman–Crippen LogP) is 11.5. The molecule has 0 spiro atoms. The van der Waals surface area contributed by atoms with Gasteiger partial charge in [-0.25, -0.2) is 18.0 Å². The average Bonchev–Trinajstić information content (AvgIpc) is 3.13. The Morgan fingerprint density at radius 2 is 1.40 bits per heavy atom. The number of rotatable bonds is 10. The van der Waals surface area contributed by atoms with Gasteiger partial charge < -0.3 is 24.1 Å². The second-order valence-electron chi connectivity index (χ2n) is 19.1. The molecule has 3 aromatic rings. The molecule has 2 fully saturated rings. The molecule has 1 N–H and O–H groups in total. The first kappa shape index (κ1) is 43.2. The Bertz CT molecular complexity index is 1820. The van der Waals surface area contributed by atoms with E-state index in [-0.39, 0.29) is 29.3 Å². The van der Waals surface area contributed by atoms with Crippen LogP contribution in [0.15, 0.2) is 54.6 Å². The summed E-state index contributed by atoms with van der Waals surface area (Å²) in [6.07, 6.45) is 3.42. The number of fused-ring (bicyclic) bond motifs is 1. The first-order valence-corrected chi connectivity index (χ1v) is 23.4. The van der Waals surface area contributed by atoms with Gasteiger partial charge in [0, 0.05) is 31.1 Å². The number of β-amino-alcohol motifs (C(OH)–C–C–N with tert-alkyl or cyclic N) is 1. The van der Waals surface area contributed by atoms with E-state index in [4.69, 9.17) is 9.16 Å². The largest absolute Gasteiger partial charge is 0.543 e. The number of aliphatic hydroxyl groups is 1. The molecule has 0 saturated carbocycles. The van der Waals surface area contributed by atoms with E-state index in [2.05, 4.69) is 52.5 Å². The highest BCUT2D eigenvalue weighted by Gasteiger charge is 2.47. The van der Waals surface area contributed by atoms with Crippen LogP contribution in [0.5, 0.6) is 5.75 Å². The molecule has 0 radical (unpaired) electrons. The zero-order valence-electron chi connectivity index (χ0n) is 35.6. The molecular weight excluding hydrogens is 742 g/mol. The quantitative estimate of drug-likeness (QED) is 0.207. The van der Waals surface area contributed by atoms with Gasteiger partial charge >= 0.3 is 6.09 Å². The number of amides is 1. The molecule has 2 saturated heterocycles. The van der Waals surface area contributed by atoms with Crippen molar-refractivity contribution in [3.05, 3.63) is 99.9 Å². The molecule has 0 unspecified atom stereocenters. The van der Waals surface area contributed by atoms with E-state index < -0.39 is 37.1 Å². The third kappa shape index (κ3) is 9.44. The van der Waals surface area contributed by atoms with Crippen LogP contribution in [0.4, 0.5) is 18.0 Å². The van der Waals surface area contributed by atoms with E-state index in [1.54, 1.807) is 29.2 Å². The maximum Gasteiger partial charge on any atom is 0.410 e. The number of piperidine rings is 2. The summed E-state index contributed by atoms with van der Waals surface area (Å²) in [5.74, 6) is -1.44. The van der Waals surface area contributed by atoms with E-state index in [1.807, 2.05) is 32.9 Å². The van der Waals surface area contributed by atoms with Gasteiger partial charge in [-0.2, -0.15) is 0 Å². The molecule has 3 aromatic carbocycles. The zero-order chi connectivity index (χ0) is 41.4. The molecule has 1 amide bonds. The van der Waals surface area contributed by atoms with Crippen molar-refractivity contribution < 1.29 is 32.2 Å². The molecular formula is C47H65F3N2O4Si. The number of halogens is 3. The standard InChI is InChI=1S/C47H65F3N2O4Si/c1-30(2)57(31(3)4,32(5)6)56-38-15-17-40-35(26-38)12-16-39(34-10-13-37(48)14-11-34)43(40)44-41(49)27-36(28-42(44)50)33-18-22-51(23-19-33)29-47(54)20-24-52(25-21-47)45(53)55-46(7,8)9/h10-11,13-15,17,26-28,30-33,39,43,54H,12,16,18-25,29H2,1-9H3/t39-,43+/m1/s1. The van der Waals surface area contributed by atoms with Crippen molar-refractivity contribution in [3.63, 3.8) is 0 Å². The predicted molar refractivity (Wildman–Crippen MR) is 224 cm³/mol. The van der Waals surface area contributed by atoms with Crippen molar-refractivity contribution in [1.82, 2.24) is 9.80 Å². The fourth-order valence-corrected chi connectivity index (χ4v) is 15.7. The maximum absolute atomic E-state index is 16.7. The monoisotopic (exact) mass is 806 g/mol. The summed E-state index contributed by atoms with van der Waals surface area (Å²) in [6.45, 7) is 21.9. The first-order chi connectivity index (χ1) is 26.8. The number of aryl methyl sites for hydroxylation is 1. The molecule has 2 aliphatic heterocycles. The third-order valence-electron chi connectivity index (χ3n) is 13.2. The zero-order valence-corrected chi connectivity index (χ0v) is 36.6. The molecule has 1 aliphatic carbocycles. The SMILES string of the molecule is CC(C)[Si](Oc1ccc2c(c1)CC[C@H](c1ccc(F)cc1)[C@@H]2c1c(F)cc(C2CCN(CC3(O)CCN(C(=O)OC(C)(C)C)CC3)CC2)cc1F)(C(C)C)C(C)C. The van der Waals surface area contributed by atoms with Gasteiger partial charge in [0.1, 0.15) is 28.8 Å². The summed E-state index contributed by atoms with van der Waals surface area (Å²) in [5, 5.41) is 11.4. The van der Waals surface area contributed by atoms with Crippen LogP contribution in [0, 0.1) is 17.5 Å². The molecule has 57 heavy (non-hydrogen) atoms. The van der Waals surface area contributed by atoms with E-state index >= 15 is 8.78 Å². The van der Waals surface area contributed by atoms with Crippen LogP contribution in [0.1, 0.15) is 140 Å². The highest BCUT2D eigenvalue weighted by atomic mass is 28.4. The topological polar surface area (TPSA) is 62.2 Å². The number of hydrogen-bond acceptors (Lipinski definition) is 5. The van der Waals surface area contributed by atoms with Gasteiger partial charge in [0.25, 0.3) is 8.32 Å². The van der Waals surface area contributed by atoms with Crippen molar-refractivity contribution in [2.75, 3.05) is 32.7 Å². The second kappa shape index (κ2) is 17.1. The molecule has 312 valence electrons. The van der Waals surface area contributed by atoms with Crippen molar-refractivity contribution in [2.24, 2.45) is 0 Å². The minimum absolute atomic E-state index is 0.0125. The number of likely N-dealkylation sites (tertiary alicyclic amines) is 2. The van der Waals surface area contributed by atoms with Gasteiger partial charge in [-0.15, -0.1) is 0 Å². The summed E-state index contributed by atoms with van der Waals surface area (Å²) in [5.41, 5.74) is 3.26. The highest BCUT2D eigenvalue weighted by Crippen LogP contribution is 2.50. The molecule has 6 rings (SSSR count). The van der Waals surface area contributed by atoms with Crippen LogP contribution in [-0.4, -0.2) is 73.2 Å². The van der Waals surface area contributed by atoms with Gasteiger partial charge in [-0.3, -0.25) is 0 Å². The molecule has 2 heterocycles. The molecule has 2 atom stereocenters. The molecule has 6 nitrogen and oxygen atoms in total. The van der Waals surface area contributed by atoms with E-state index in [0.29, 0.717) is 74.2 Å². The van der Waals surface area contributed by atoms with Crippen LogP contribution in [-0.2, 0) is 11.2 Å². The van der Waals surface area contributed by atoms with Gasteiger partial charge in [0.05, 0.1) is 5.60 Å². The Kier molecular flexibility index (Phi) is 13.0. The van der Waals surface area contributed by atoms with Gasteiger partial charge in [-0.1, -0.05) is 59.7 Å². The van der Waals surface area contributed by atoms with E-state index in [0.717, 1.165) is 41.7 Å². The fraction of sp³-hybridized carbons (Fsp3) is 0.596. The van der Waals surface area contributed by atoms with Gasteiger partial charge in [0.15, 0.2) is 0 Å². The summed E-state index contributed by atoms with van der Waals surface area (Å²) in [7, 11) is -2.23. The van der Waals surface area contributed by atoms with Crippen LogP contribution >= 0.6 is 0 Å². The van der Waals surface area contributed by atoms with Crippen LogP contribution < -0.4 is 4.43 Å². The average molecular weight is 807 g/mol. The lowest BCUT2D eigenvalue weighted by atomic mass is 9.68. The van der Waals surface area contributed by atoms with Gasteiger partial charge in [-0.05, 0) is 159 Å². The van der Waals surface area contributed by atoms with Crippen molar-refractivity contribution in [2.45, 2.75) is 146 Å². The molecule has 0 bridgehead atoms. The summed E-state index contributed by atoms with van der Waals surface area (Å²) in [4.78, 5) is 16.4. The van der Waals surface area contributed by atoms with Gasteiger partial charge in [0.2, 0.25) is 0 Å². The number of nitrogens with zero attached hydrogens (tertiary/aromatic N) is 2. The summed E-state index contributed by atoms with van der Waals surface area (Å²) in [6, 6.07) is 15.6. The first-order valence-electron chi connectivity index (χ1n) is 21.3. The van der Waals surface area contributed by atoms with Crippen molar-refractivity contribution in [3.8, 4) is 5.75 Å². The Labute approximate surface area is 340 Å². The minimum atomic E-state index is -2.23. The molecule has 3 aliphatic rings. The second-order valence-corrected chi connectivity index (χ2v) is 24.5. The Hall–Kier alpha value is -3.34. The van der Waals surface area contributed by atoms with E-state index in [1.165, 1.54) is 12.1 Å². The highest BCUT2D eigenvalue weighted by molar-refractivity contribution is 6.78. The van der Waals surface area contributed by atoms with E-state index in [9.17, 15) is 14.3 Å². The number of carbonyl (C=O) groups is 1. The van der Waals surface area contributed by atoms with Crippen molar-refractivity contribution >= 4 is 14.4 Å². The minimum Gasteiger partial charge on any atom is -0.543 e. The number of hydrogen-bond donors (Lipinski definition) is 1. The van der Waals surface area contributed by atoms with Crippen LogP contribution in [0.3, 0.4) is 0 Å². The maximum atomic E-state index is 16.7. The normalized spacial score (nSPS) is 20.9. The molecule has 0 aromatic heterocycles. The van der Waals surface area contributed by atoms with Crippen LogP contribution in [0.25, 0.3) is 0 Å². The lowest BCUT2D eigenvalue weighted by molar-refractivity contribution is -0.0530. The summed E-state index contributed by atoms with van der Waals surface area (Å²) < 4.78 is 60.0. The Balaban J connectivity index is 1.20. The lowest BCUT2D eigenvalue weighted by Crippen LogP contribution is -2.53. The van der Waals surface area contributed by atoms with Crippen molar-refractivity contribution in [1.29, 1.82) is 0 Å². The van der Waals surface area contributed by atoms with Crippen LogP contribution in [0.2, 0.25) is 16.6 Å². The number of carbonyl (C=O) groups excluding carboxylic acids is 1. The Morgan fingerprint density at radius 3 is 1.95 bits per heavy atom. The number of benzene rings is 3. The Morgan fingerprint density at radius 1 is 0.825 bits per heavy atom. The third-order valence-corrected chi connectivity index (χ3v) is 19.2. The molecule has 10 heteroatoms. The lowest BCUT2D eigenvalue weighted by Gasteiger charge is -2.43. The number of ether oxygens (including phenoxy) is 1.